The van der Waals surface area contributed by atoms with Crippen LogP contribution in [-0.2, 0) is 0 Å². The number of amides is 2. The third kappa shape index (κ3) is 4.52. The molecule has 0 radical (unpaired) electrons. The van der Waals surface area contributed by atoms with Crippen LogP contribution in [0, 0.1) is 10.1 Å². The van der Waals surface area contributed by atoms with Crippen LogP contribution < -0.4 is 21.7 Å². The van der Waals surface area contributed by atoms with Crippen LogP contribution in [0.3, 0.4) is 0 Å². The molecule has 1 fully saturated rings. The van der Waals surface area contributed by atoms with Crippen LogP contribution in [-0.4, -0.2) is 32.6 Å². The van der Waals surface area contributed by atoms with Crippen molar-refractivity contribution in [3.05, 3.63) is 74.2 Å². The molecule has 0 unspecified atom stereocenters. The monoisotopic (exact) mass is 450 g/mol. The number of carbonyl (C=O) groups is 2. The first-order chi connectivity index (χ1) is 15.8. The molecule has 2 aromatic carbocycles. The van der Waals surface area contributed by atoms with E-state index in [0.29, 0.717) is 16.5 Å². The van der Waals surface area contributed by atoms with Gasteiger partial charge >= 0.3 is 0 Å². The number of nitro groups is 1. The molecule has 0 spiro atoms. The maximum Gasteiger partial charge on any atom is 0.293 e. The maximum atomic E-state index is 12.8. The Labute approximate surface area is 187 Å². The minimum absolute atomic E-state index is 0.00770. The summed E-state index contributed by atoms with van der Waals surface area (Å²) in [4.78, 5) is 48.8. The van der Waals surface area contributed by atoms with Gasteiger partial charge in [0, 0.05) is 23.1 Å². The molecule has 1 saturated carbocycles. The van der Waals surface area contributed by atoms with E-state index >= 15 is 0 Å². The summed E-state index contributed by atoms with van der Waals surface area (Å²) in [6, 6.07) is 10.5. The van der Waals surface area contributed by atoms with Crippen molar-refractivity contribution in [3.8, 4) is 0 Å². The molecule has 11 nitrogen and oxygen atoms in total. The van der Waals surface area contributed by atoms with Crippen LogP contribution in [0.4, 0.5) is 11.4 Å². The number of nitro benzene ring substituents is 1. The van der Waals surface area contributed by atoms with E-state index in [-0.39, 0.29) is 34.6 Å². The first-order valence-electron chi connectivity index (χ1n) is 10.4. The zero-order chi connectivity index (χ0) is 23.7. The second kappa shape index (κ2) is 8.69. The van der Waals surface area contributed by atoms with E-state index in [9.17, 15) is 24.5 Å². The molecule has 2 amide bonds. The largest absolute Gasteiger partial charge is 0.377 e. The number of carbonyl (C=O) groups excluding carboxylic acids is 2. The standard InChI is InChI=1S/C22H22N6O5/c1-12(2)27-22(31)16-6-4-3-5-15(16)19(26-27)21(30)25-24-20(29)13-7-10-17(23-14-8-9-14)18(11-13)28(32)33/h3-7,10-12,14,23H,8-9H2,1-2H3,(H,24,29)(H,25,30). The molecule has 1 aromatic heterocycles. The van der Waals surface area contributed by atoms with Crippen molar-refractivity contribution < 1.29 is 14.5 Å². The highest BCUT2D eigenvalue weighted by molar-refractivity contribution is 6.06. The van der Waals surface area contributed by atoms with Crippen LogP contribution in [0.5, 0.6) is 0 Å². The molecule has 1 aliphatic carbocycles. The molecule has 33 heavy (non-hydrogen) atoms. The SMILES string of the molecule is CC(C)n1nc(C(=O)NNC(=O)c2ccc(NC3CC3)c([N+](=O)[O-])c2)c2ccccc2c1=O. The maximum absolute atomic E-state index is 12.8. The summed E-state index contributed by atoms with van der Waals surface area (Å²) in [6.07, 6.45) is 1.89. The predicted molar refractivity (Wildman–Crippen MR) is 121 cm³/mol. The van der Waals surface area contributed by atoms with E-state index in [1.54, 1.807) is 38.1 Å². The lowest BCUT2D eigenvalue weighted by Crippen LogP contribution is -2.43. The highest BCUT2D eigenvalue weighted by Gasteiger charge is 2.26. The second-order valence-corrected chi connectivity index (χ2v) is 8.05. The Morgan fingerprint density at radius 1 is 1.09 bits per heavy atom. The van der Waals surface area contributed by atoms with Gasteiger partial charge in [-0.3, -0.25) is 35.3 Å². The Hall–Kier alpha value is -4.28. The van der Waals surface area contributed by atoms with Crippen molar-refractivity contribution in [1.29, 1.82) is 0 Å². The lowest BCUT2D eigenvalue weighted by molar-refractivity contribution is -0.384. The molecule has 1 aliphatic rings. The number of benzene rings is 2. The Bertz CT molecular complexity index is 1330. The number of hydrogen-bond acceptors (Lipinski definition) is 7. The number of hydrazine groups is 1. The lowest BCUT2D eigenvalue weighted by atomic mass is 10.1. The highest BCUT2D eigenvalue weighted by Crippen LogP contribution is 2.31. The molecular weight excluding hydrogens is 428 g/mol. The van der Waals surface area contributed by atoms with Gasteiger partial charge in [0.05, 0.1) is 16.4 Å². The van der Waals surface area contributed by atoms with Crippen LogP contribution in [0.25, 0.3) is 10.8 Å². The predicted octanol–water partition coefficient (Wildman–Crippen LogP) is 2.53. The average molecular weight is 450 g/mol. The van der Waals surface area contributed by atoms with Gasteiger partial charge in [0.15, 0.2) is 5.69 Å². The Kier molecular flexibility index (Phi) is 5.78. The number of nitrogens with one attached hydrogen (secondary N) is 3. The number of hydrogen-bond donors (Lipinski definition) is 3. The Morgan fingerprint density at radius 3 is 2.39 bits per heavy atom. The van der Waals surface area contributed by atoms with Crippen molar-refractivity contribution >= 4 is 34.0 Å². The fraction of sp³-hybridized carbons (Fsp3) is 0.273. The third-order valence-electron chi connectivity index (χ3n) is 5.22. The minimum Gasteiger partial charge on any atom is -0.377 e. The van der Waals surface area contributed by atoms with E-state index < -0.39 is 16.7 Å². The quantitative estimate of drug-likeness (QED) is 0.386. The first kappa shape index (κ1) is 21.9. The molecule has 0 atom stereocenters. The number of nitrogens with zero attached hydrogens (tertiary/aromatic N) is 3. The molecule has 170 valence electrons. The van der Waals surface area contributed by atoms with Gasteiger partial charge in [-0.1, -0.05) is 18.2 Å². The normalized spacial score (nSPS) is 13.1. The summed E-state index contributed by atoms with van der Waals surface area (Å²) in [7, 11) is 0. The molecule has 4 rings (SSSR count). The highest BCUT2D eigenvalue weighted by atomic mass is 16.6. The molecule has 3 aromatic rings. The van der Waals surface area contributed by atoms with Gasteiger partial charge in [-0.15, -0.1) is 0 Å². The van der Waals surface area contributed by atoms with Crippen LogP contribution in [0.15, 0.2) is 47.3 Å². The van der Waals surface area contributed by atoms with Gasteiger partial charge in [0.1, 0.15) is 5.69 Å². The van der Waals surface area contributed by atoms with E-state index in [2.05, 4.69) is 21.3 Å². The van der Waals surface area contributed by atoms with E-state index in [0.717, 1.165) is 18.9 Å². The van der Waals surface area contributed by atoms with Gasteiger partial charge in [-0.05, 0) is 44.9 Å². The number of anilines is 1. The Morgan fingerprint density at radius 2 is 1.76 bits per heavy atom. The second-order valence-electron chi connectivity index (χ2n) is 8.05. The first-order valence-corrected chi connectivity index (χ1v) is 10.4. The smallest absolute Gasteiger partial charge is 0.293 e. The van der Waals surface area contributed by atoms with Crippen molar-refractivity contribution in [3.63, 3.8) is 0 Å². The van der Waals surface area contributed by atoms with Crippen LogP contribution in [0.2, 0.25) is 0 Å². The van der Waals surface area contributed by atoms with E-state index in [4.69, 9.17) is 0 Å². The van der Waals surface area contributed by atoms with Crippen molar-refractivity contribution in [2.75, 3.05) is 5.32 Å². The van der Waals surface area contributed by atoms with E-state index in [1.807, 2.05) is 0 Å². The molecule has 0 saturated heterocycles. The summed E-state index contributed by atoms with van der Waals surface area (Å²) >= 11 is 0. The zero-order valence-electron chi connectivity index (χ0n) is 18.0. The summed E-state index contributed by atoms with van der Waals surface area (Å²) in [6.45, 7) is 3.53. The summed E-state index contributed by atoms with van der Waals surface area (Å²) < 4.78 is 1.20. The number of rotatable bonds is 6. The van der Waals surface area contributed by atoms with Gasteiger partial charge in [-0.2, -0.15) is 5.10 Å². The number of fused-ring (bicyclic) bond motifs is 1. The lowest BCUT2D eigenvalue weighted by Gasteiger charge is -2.14. The number of aromatic nitrogens is 2. The van der Waals surface area contributed by atoms with Gasteiger partial charge in [0.2, 0.25) is 0 Å². The van der Waals surface area contributed by atoms with Crippen molar-refractivity contribution in [2.45, 2.75) is 38.8 Å². The van der Waals surface area contributed by atoms with Crippen molar-refractivity contribution in [2.24, 2.45) is 0 Å². The molecule has 1 heterocycles. The molecule has 0 bridgehead atoms. The Balaban J connectivity index is 1.56. The summed E-state index contributed by atoms with van der Waals surface area (Å²) in [5.41, 5.74) is 4.30. The van der Waals surface area contributed by atoms with Crippen LogP contribution >= 0.6 is 0 Å². The van der Waals surface area contributed by atoms with E-state index in [1.165, 1.54) is 16.8 Å². The summed E-state index contributed by atoms with van der Waals surface area (Å²) in [5.74, 6) is -1.46. The molecular formula is C22H22N6O5. The van der Waals surface area contributed by atoms with Gasteiger partial charge in [0.25, 0.3) is 23.1 Å². The molecule has 0 aliphatic heterocycles. The third-order valence-corrected chi connectivity index (χ3v) is 5.22. The van der Waals surface area contributed by atoms with Gasteiger partial charge < -0.3 is 5.32 Å². The molecule has 11 heteroatoms. The molecule has 3 N–H and O–H groups in total. The minimum atomic E-state index is -0.731. The zero-order valence-corrected chi connectivity index (χ0v) is 18.0. The van der Waals surface area contributed by atoms with Gasteiger partial charge in [-0.25, -0.2) is 4.68 Å². The fourth-order valence-electron chi connectivity index (χ4n) is 3.36. The topological polar surface area (TPSA) is 148 Å². The van der Waals surface area contributed by atoms with Crippen molar-refractivity contribution in [1.82, 2.24) is 20.6 Å². The van der Waals surface area contributed by atoms with Crippen LogP contribution in [0.1, 0.15) is 53.6 Å². The average Bonchev–Trinajstić information content (AvgIpc) is 3.61. The fourth-order valence-corrected chi connectivity index (χ4v) is 3.36. The summed E-state index contributed by atoms with van der Waals surface area (Å²) in [5, 5.41) is 19.3.